The summed E-state index contributed by atoms with van der Waals surface area (Å²) in [6, 6.07) is 0. The topological polar surface area (TPSA) is 125 Å². The van der Waals surface area contributed by atoms with E-state index >= 15 is 0 Å². The van der Waals surface area contributed by atoms with Crippen LogP contribution in [0.4, 0.5) is 0 Å². The van der Waals surface area contributed by atoms with Gasteiger partial charge in [0.05, 0.1) is 6.42 Å². The van der Waals surface area contributed by atoms with Crippen molar-refractivity contribution in [2.75, 3.05) is 6.54 Å². The van der Waals surface area contributed by atoms with Gasteiger partial charge in [-0.05, 0) is 0 Å². The Bertz CT molecular complexity index is 438. The van der Waals surface area contributed by atoms with E-state index in [0.29, 0.717) is 5.84 Å². The number of aliphatic imine (C=N–C) groups is 4. The molecule has 0 saturated carbocycles. The highest BCUT2D eigenvalue weighted by molar-refractivity contribution is 6.23. The monoisotopic (exact) mass is 222 g/mol. The summed E-state index contributed by atoms with van der Waals surface area (Å²) in [6.07, 6.45) is 2.58. The number of nitrogens with one attached hydrogen (secondary N) is 1. The fraction of sp³-hybridized carbons (Fsp3) is 0.375. The summed E-state index contributed by atoms with van der Waals surface area (Å²) in [5.41, 5.74) is 4.65. The maximum absolute atomic E-state index is 10.4. The Balaban J connectivity index is 2.13. The van der Waals surface area contributed by atoms with Crippen molar-refractivity contribution >= 4 is 30.3 Å². The quantitative estimate of drug-likeness (QED) is 0.540. The minimum Gasteiger partial charge on any atom is -0.481 e. The molecule has 0 saturated heterocycles. The molecule has 0 amide bonds. The fourth-order valence-electron chi connectivity index (χ4n) is 1.43. The van der Waals surface area contributed by atoms with E-state index in [4.69, 9.17) is 10.8 Å². The number of nitrogens with zero attached hydrogens (tertiary/aromatic N) is 4. The zero-order valence-corrected chi connectivity index (χ0v) is 8.29. The van der Waals surface area contributed by atoms with Gasteiger partial charge < -0.3 is 10.8 Å². The molecule has 84 valence electrons. The third-order valence-corrected chi connectivity index (χ3v) is 2.22. The second kappa shape index (κ2) is 3.81. The molecule has 1 unspecified atom stereocenters. The summed E-state index contributed by atoms with van der Waals surface area (Å²) in [5, 5.41) is 11.4. The van der Waals surface area contributed by atoms with Gasteiger partial charge in [0.2, 0.25) is 5.66 Å². The smallest absolute Gasteiger partial charge is 0.304 e. The highest BCUT2D eigenvalue weighted by Crippen LogP contribution is 2.18. The van der Waals surface area contributed by atoms with E-state index in [-0.39, 0.29) is 18.8 Å². The summed E-state index contributed by atoms with van der Waals surface area (Å²) in [7, 11) is 0. The minimum absolute atomic E-state index is 0.0401. The molecule has 0 aliphatic carbocycles. The molecule has 0 radical (unpaired) electrons. The first-order chi connectivity index (χ1) is 7.65. The number of amidine groups is 2. The van der Waals surface area contributed by atoms with E-state index in [9.17, 15) is 4.79 Å². The van der Waals surface area contributed by atoms with Gasteiger partial charge in [-0.1, -0.05) is 0 Å². The summed E-state index contributed by atoms with van der Waals surface area (Å²) in [6.45, 7) is 0.206. The van der Waals surface area contributed by atoms with Gasteiger partial charge in [0.1, 0.15) is 12.7 Å². The van der Waals surface area contributed by atoms with Gasteiger partial charge in [0.15, 0.2) is 11.7 Å². The van der Waals surface area contributed by atoms with Gasteiger partial charge >= 0.3 is 5.97 Å². The van der Waals surface area contributed by atoms with Crippen molar-refractivity contribution in [3.05, 3.63) is 0 Å². The van der Waals surface area contributed by atoms with Gasteiger partial charge in [-0.3, -0.25) is 10.1 Å². The number of fused-ring (bicyclic) bond motifs is 1. The Kier molecular flexibility index (Phi) is 2.49. The zero-order valence-electron chi connectivity index (χ0n) is 8.29. The van der Waals surface area contributed by atoms with Crippen molar-refractivity contribution in [2.45, 2.75) is 12.1 Å². The van der Waals surface area contributed by atoms with E-state index in [0.717, 1.165) is 0 Å². The van der Waals surface area contributed by atoms with E-state index < -0.39 is 11.6 Å². The Labute approximate surface area is 90.7 Å². The van der Waals surface area contributed by atoms with Gasteiger partial charge in [0.25, 0.3) is 0 Å². The van der Waals surface area contributed by atoms with Crippen LogP contribution in [0.1, 0.15) is 6.42 Å². The molecule has 0 bridgehead atoms. The lowest BCUT2D eigenvalue weighted by Crippen LogP contribution is -2.59. The van der Waals surface area contributed by atoms with E-state index in [1.807, 2.05) is 0 Å². The lowest BCUT2D eigenvalue weighted by molar-refractivity contribution is -0.136. The van der Waals surface area contributed by atoms with Crippen molar-refractivity contribution in [1.82, 2.24) is 5.32 Å². The summed E-state index contributed by atoms with van der Waals surface area (Å²) < 4.78 is 0. The molecule has 4 N–H and O–H groups in total. The lowest BCUT2D eigenvalue weighted by Gasteiger charge is -2.27. The lowest BCUT2D eigenvalue weighted by atomic mass is 10.1. The molecule has 2 aliphatic rings. The second-order valence-corrected chi connectivity index (χ2v) is 3.24. The molecule has 8 heteroatoms. The fourth-order valence-corrected chi connectivity index (χ4v) is 1.43. The molecule has 0 aromatic rings. The first-order valence-electron chi connectivity index (χ1n) is 4.60. The highest BCUT2D eigenvalue weighted by atomic mass is 16.4. The average molecular weight is 222 g/mol. The number of hydrogen-bond donors (Lipinski definition) is 3. The number of hydrogen-bond acceptors (Lipinski definition) is 7. The Morgan fingerprint density at radius 2 is 2.31 bits per heavy atom. The third-order valence-electron chi connectivity index (χ3n) is 2.22. The SMILES string of the molecule is NC1=NC=NC2=NC=NC12NCCC(=O)O. The molecule has 0 aromatic carbocycles. The van der Waals surface area contributed by atoms with Crippen molar-refractivity contribution in [3.63, 3.8) is 0 Å². The van der Waals surface area contributed by atoms with Crippen LogP contribution in [0.5, 0.6) is 0 Å². The molecular weight excluding hydrogens is 212 g/mol. The van der Waals surface area contributed by atoms with Crippen LogP contribution in [-0.2, 0) is 4.79 Å². The predicted octanol–water partition coefficient (Wildman–Crippen LogP) is -1.41. The Morgan fingerprint density at radius 1 is 1.50 bits per heavy atom. The largest absolute Gasteiger partial charge is 0.481 e. The summed E-state index contributed by atoms with van der Waals surface area (Å²) in [4.78, 5) is 26.2. The molecule has 2 aliphatic heterocycles. The highest BCUT2D eigenvalue weighted by Gasteiger charge is 2.43. The van der Waals surface area contributed by atoms with Gasteiger partial charge in [0, 0.05) is 6.54 Å². The molecule has 1 atom stereocenters. The maximum atomic E-state index is 10.4. The molecular formula is C8H10N6O2. The molecule has 2 heterocycles. The summed E-state index contributed by atoms with van der Waals surface area (Å²) >= 11 is 0. The maximum Gasteiger partial charge on any atom is 0.304 e. The van der Waals surface area contributed by atoms with Crippen LogP contribution in [0.15, 0.2) is 20.0 Å². The Hall–Kier alpha value is -2.09. The number of carbonyl (C=O) groups is 1. The van der Waals surface area contributed by atoms with Crippen LogP contribution in [0.25, 0.3) is 0 Å². The minimum atomic E-state index is -1.08. The van der Waals surface area contributed by atoms with E-state index in [1.54, 1.807) is 0 Å². The van der Waals surface area contributed by atoms with Crippen molar-refractivity contribution in [3.8, 4) is 0 Å². The number of carboxylic acid groups (broad SMARTS) is 1. The first kappa shape index (κ1) is 10.4. The van der Waals surface area contributed by atoms with E-state index in [2.05, 4.69) is 25.3 Å². The number of carboxylic acids is 1. The molecule has 16 heavy (non-hydrogen) atoms. The van der Waals surface area contributed by atoms with Crippen LogP contribution >= 0.6 is 0 Å². The van der Waals surface area contributed by atoms with Crippen LogP contribution in [0.2, 0.25) is 0 Å². The first-order valence-corrected chi connectivity index (χ1v) is 4.60. The standard InChI is InChI=1S/C8H10N6O2/c9-6-8(13-2-1-5(15)16)7(11-3-10-6)12-4-14-8/h3-4,13H,1-2H2,(H,15,16)(H2,9,10,11,12,14). The molecule has 0 fully saturated rings. The van der Waals surface area contributed by atoms with Gasteiger partial charge in [-0.2, -0.15) is 0 Å². The van der Waals surface area contributed by atoms with Crippen molar-refractivity contribution in [2.24, 2.45) is 25.7 Å². The normalized spacial score (nSPS) is 26.2. The number of rotatable bonds is 4. The van der Waals surface area contributed by atoms with Gasteiger partial charge in [-0.15, -0.1) is 0 Å². The zero-order chi connectivity index (χ0) is 11.6. The molecule has 0 aromatic heterocycles. The average Bonchev–Trinajstić information content (AvgIpc) is 2.63. The summed E-state index contributed by atoms with van der Waals surface area (Å²) in [5.74, 6) is -0.315. The molecule has 2 rings (SSSR count). The molecule has 0 spiro atoms. The second-order valence-electron chi connectivity index (χ2n) is 3.24. The number of nitrogens with two attached hydrogens (primary N) is 1. The van der Waals surface area contributed by atoms with E-state index in [1.165, 1.54) is 12.7 Å². The number of aliphatic carboxylic acids is 1. The predicted molar refractivity (Wildman–Crippen MR) is 59.0 cm³/mol. The van der Waals surface area contributed by atoms with Crippen LogP contribution in [0, 0.1) is 0 Å². The van der Waals surface area contributed by atoms with Crippen LogP contribution < -0.4 is 11.1 Å². The Morgan fingerprint density at radius 3 is 3.06 bits per heavy atom. The van der Waals surface area contributed by atoms with Gasteiger partial charge in [-0.25, -0.2) is 20.0 Å². The van der Waals surface area contributed by atoms with Crippen LogP contribution in [-0.4, -0.2) is 47.6 Å². The van der Waals surface area contributed by atoms with Crippen molar-refractivity contribution in [1.29, 1.82) is 0 Å². The third kappa shape index (κ3) is 1.58. The van der Waals surface area contributed by atoms with Crippen LogP contribution in [0.3, 0.4) is 0 Å². The molecule has 8 nitrogen and oxygen atoms in total. The van der Waals surface area contributed by atoms with Crippen molar-refractivity contribution < 1.29 is 9.90 Å².